The fourth-order valence-electron chi connectivity index (χ4n) is 3.64. The summed E-state index contributed by atoms with van der Waals surface area (Å²) in [6, 6.07) is 15.4. The van der Waals surface area contributed by atoms with Crippen molar-refractivity contribution in [2.24, 2.45) is 0 Å². The summed E-state index contributed by atoms with van der Waals surface area (Å²) in [6.45, 7) is 5.75. The molecule has 2 heterocycles. The van der Waals surface area contributed by atoms with E-state index < -0.39 is 0 Å². The van der Waals surface area contributed by atoms with E-state index >= 15 is 0 Å². The van der Waals surface area contributed by atoms with Crippen LogP contribution in [-0.2, 0) is 11.3 Å². The fraction of sp³-hybridized carbons (Fsp3) is 0.273. The number of hydrogen-bond acceptors (Lipinski definition) is 3. The Morgan fingerprint density at radius 1 is 1.21 bits per heavy atom. The van der Waals surface area contributed by atoms with Crippen LogP contribution in [0.5, 0.6) is 0 Å². The Labute approximate surface area is 163 Å². The first-order valence-electron chi connectivity index (χ1n) is 9.51. The molecule has 3 aromatic rings. The van der Waals surface area contributed by atoms with E-state index in [1.54, 1.807) is 4.90 Å². The van der Waals surface area contributed by atoms with Crippen molar-refractivity contribution in [3.8, 4) is 0 Å². The Morgan fingerprint density at radius 2 is 2.04 bits per heavy atom. The predicted molar refractivity (Wildman–Crippen MR) is 109 cm³/mol. The molecule has 1 fully saturated rings. The Hall–Kier alpha value is -3.28. The summed E-state index contributed by atoms with van der Waals surface area (Å²) in [4.78, 5) is 26.4. The van der Waals surface area contributed by atoms with Crippen molar-refractivity contribution in [2.45, 2.75) is 26.4 Å². The summed E-state index contributed by atoms with van der Waals surface area (Å²) in [7, 11) is 0. The molecule has 1 atom stereocenters. The van der Waals surface area contributed by atoms with E-state index in [0.29, 0.717) is 18.7 Å². The first-order valence-corrected chi connectivity index (χ1v) is 9.51. The molecule has 2 aromatic carbocycles. The second-order valence-corrected chi connectivity index (χ2v) is 6.90. The average Bonchev–Trinajstić information content (AvgIpc) is 3.31. The third-order valence-corrected chi connectivity index (χ3v) is 5.16. The van der Waals surface area contributed by atoms with Crippen LogP contribution >= 0.6 is 0 Å². The third kappa shape index (κ3) is 3.22. The van der Waals surface area contributed by atoms with Crippen LogP contribution in [0.3, 0.4) is 0 Å². The van der Waals surface area contributed by atoms with Crippen molar-refractivity contribution < 1.29 is 14.3 Å². The zero-order valence-electron chi connectivity index (χ0n) is 16.0. The molecule has 1 aliphatic heterocycles. The van der Waals surface area contributed by atoms with Gasteiger partial charge in [0, 0.05) is 29.3 Å². The zero-order valence-corrected chi connectivity index (χ0v) is 16.0. The number of carbonyl (C=O) groups is 2. The van der Waals surface area contributed by atoms with Crippen molar-refractivity contribution in [1.82, 2.24) is 9.88 Å². The second-order valence-electron chi connectivity index (χ2n) is 6.90. The normalized spacial score (nSPS) is 14.9. The Morgan fingerprint density at radius 3 is 2.79 bits per heavy atom. The molecular weight excluding hydrogens is 354 g/mol. The molecule has 1 N–H and O–H groups in total. The van der Waals surface area contributed by atoms with Crippen molar-refractivity contribution in [1.29, 1.82) is 0 Å². The van der Waals surface area contributed by atoms with Crippen molar-refractivity contribution in [3.05, 3.63) is 65.9 Å². The molecule has 1 aromatic heterocycles. The minimum atomic E-state index is -0.332. The number of anilines is 1. The van der Waals surface area contributed by atoms with Gasteiger partial charge in [0.15, 0.2) is 0 Å². The Balaban J connectivity index is 1.56. The van der Waals surface area contributed by atoms with Gasteiger partial charge in [-0.3, -0.25) is 9.69 Å². The van der Waals surface area contributed by atoms with Gasteiger partial charge in [0.05, 0.1) is 18.2 Å². The van der Waals surface area contributed by atoms with Gasteiger partial charge in [-0.05, 0) is 37.6 Å². The number of rotatable bonds is 5. The number of amides is 2. The SMILES string of the molecule is CCn1cc(C(=O)N[C@@H](C)c2cccc(N3CCOC3=O)c2)c2ccccc21. The monoisotopic (exact) mass is 377 g/mol. The number of carbonyl (C=O) groups excluding carboxylic acids is 2. The highest BCUT2D eigenvalue weighted by atomic mass is 16.6. The number of aromatic nitrogens is 1. The van der Waals surface area contributed by atoms with E-state index in [1.807, 2.05) is 61.7 Å². The van der Waals surface area contributed by atoms with Gasteiger partial charge in [0.25, 0.3) is 5.91 Å². The maximum Gasteiger partial charge on any atom is 0.414 e. The van der Waals surface area contributed by atoms with E-state index in [-0.39, 0.29) is 18.0 Å². The Kier molecular flexibility index (Phi) is 4.77. The van der Waals surface area contributed by atoms with Crippen LogP contribution in [-0.4, -0.2) is 29.7 Å². The zero-order chi connectivity index (χ0) is 19.7. The number of para-hydroxylation sites is 1. The maximum absolute atomic E-state index is 13.0. The van der Waals surface area contributed by atoms with E-state index in [0.717, 1.165) is 28.7 Å². The molecule has 0 saturated carbocycles. The molecular formula is C22H23N3O3. The maximum atomic E-state index is 13.0. The number of cyclic esters (lactones) is 1. The Bertz CT molecular complexity index is 1040. The quantitative estimate of drug-likeness (QED) is 0.728. The number of aryl methyl sites for hydroxylation is 1. The van der Waals surface area contributed by atoms with Gasteiger partial charge in [-0.15, -0.1) is 0 Å². The van der Waals surface area contributed by atoms with Gasteiger partial charge >= 0.3 is 6.09 Å². The van der Waals surface area contributed by atoms with Gasteiger partial charge in [0.1, 0.15) is 6.61 Å². The molecule has 1 saturated heterocycles. The summed E-state index contributed by atoms with van der Waals surface area (Å²) < 4.78 is 7.09. The number of nitrogens with one attached hydrogen (secondary N) is 1. The molecule has 0 aliphatic carbocycles. The lowest BCUT2D eigenvalue weighted by Crippen LogP contribution is -2.27. The van der Waals surface area contributed by atoms with Crippen molar-refractivity contribution in [2.75, 3.05) is 18.1 Å². The molecule has 6 heteroatoms. The van der Waals surface area contributed by atoms with Crippen LogP contribution in [0.15, 0.2) is 54.7 Å². The predicted octanol–water partition coefficient (Wildman–Crippen LogP) is 4.11. The summed E-state index contributed by atoms with van der Waals surface area (Å²) in [5.74, 6) is -0.109. The van der Waals surface area contributed by atoms with Crippen LogP contribution in [0.1, 0.15) is 35.8 Å². The van der Waals surface area contributed by atoms with Crippen LogP contribution in [0.25, 0.3) is 10.9 Å². The number of hydrogen-bond donors (Lipinski definition) is 1. The standard InChI is InChI=1S/C22H23N3O3/c1-3-24-14-19(18-9-4-5-10-20(18)24)21(26)23-15(2)16-7-6-8-17(13-16)25-11-12-28-22(25)27/h4-10,13-15H,3,11-12H2,1-2H3,(H,23,26)/t15-/m0/s1. The van der Waals surface area contributed by atoms with E-state index in [9.17, 15) is 9.59 Å². The summed E-state index contributed by atoms with van der Waals surface area (Å²) in [6.07, 6.45) is 1.57. The first kappa shape index (κ1) is 18.1. The minimum Gasteiger partial charge on any atom is -0.447 e. The smallest absolute Gasteiger partial charge is 0.414 e. The lowest BCUT2D eigenvalue weighted by Gasteiger charge is -2.18. The number of benzene rings is 2. The molecule has 0 spiro atoms. The van der Waals surface area contributed by atoms with E-state index in [1.165, 1.54) is 0 Å². The van der Waals surface area contributed by atoms with Gasteiger partial charge in [-0.25, -0.2) is 4.79 Å². The highest BCUT2D eigenvalue weighted by Crippen LogP contribution is 2.25. The lowest BCUT2D eigenvalue weighted by molar-refractivity contribution is 0.0941. The fourth-order valence-corrected chi connectivity index (χ4v) is 3.64. The second kappa shape index (κ2) is 7.38. The number of fused-ring (bicyclic) bond motifs is 1. The summed E-state index contributed by atoms with van der Waals surface area (Å²) >= 11 is 0. The van der Waals surface area contributed by atoms with Crippen molar-refractivity contribution in [3.63, 3.8) is 0 Å². The number of nitrogens with zero attached hydrogens (tertiary/aromatic N) is 2. The molecule has 1 aliphatic rings. The van der Waals surface area contributed by atoms with E-state index in [2.05, 4.69) is 16.8 Å². The number of ether oxygens (including phenoxy) is 1. The van der Waals surface area contributed by atoms with Gasteiger partial charge < -0.3 is 14.6 Å². The highest BCUT2D eigenvalue weighted by Gasteiger charge is 2.24. The van der Waals surface area contributed by atoms with Crippen LogP contribution in [0.4, 0.5) is 10.5 Å². The first-order chi connectivity index (χ1) is 13.6. The van der Waals surface area contributed by atoms with Gasteiger partial charge in [0.2, 0.25) is 0 Å². The van der Waals surface area contributed by atoms with Gasteiger partial charge in [-0.2, -0.15) is 0 Å². The summed E-state index contributed by atoms with van der Waals surface area (Å²) in [5.41, 5.74) is 3.44. The van der Waals surface area contributed by atoms with Crippen LogP contribution in [0.2, 0.25) is 0 Å². The molecule has 144 valence electrons. The van der Waals surface area contributed by atoms with Crippen molar-refractivity contribution >= 4 is 28.6 Å². The van der Waals surface area contributed by atoms with Crippen LogP contribution in [0, 0.1) is 0 Å². The summed E-state index contributed by atoms with van der Waals surface area (Å²) in [5, 5.41) is 4.03. The molecule has 6 nitrogen and oxygen atoms in total. The molecule has 0 unspecified atom stereocenters. The molecule has 0 radical (unpaired) electrons. The average molecular weight is 377 g/mol. The largest absolute Gasteiger partial charge is 0.447 e. The third-order valence-electron chi connectivity index (χ3n) is 5.16. The minimum absolute atomic E-state index is 0.109. The lowest BCUT2D eigenvalue weighted by atomic mass is 10.1. The van der Waals surface area contributed by atoms with Gasteiger partial charge in [-0.1, -0.05) is 30.3 Å². The van der Waals surface area contributed by atoms with E-state index in [4.69, 9.17) is 4.74 Å². The molecule has 2 amide bonds. The topological polar surface area (TPSA) is 63.6 Å². The molecule has 4 rings (SSSR count). The molecule has 28 heavy (non-hydrogen) atoms. The highest BCUT2D eigenvalue weighted by molar-refractivity contribution is 6.07. The molecule has 0 bridgehead atoms. The van der Waals surface area contributed by atoms with Crippen LogP contribution < -0.4 is 10.2 Å².